The monoisotopic (exact) mass is 407 g/mol. The average Bonchev–Trinajstić information content (AvgIpc) is 3.01. The molecule has 0 saturated carbocycles. The molecule has 2 aromatic rings. The van der Waals surface area contributed by atoms with Gasteiger partial charge < -0.3 is 4.74 Å². The van der Waals surface area contributed by atoms with Crippen LogP contribution in [0, 0.1) is 12.7 Å². The third-order valence-corrected chi connectivity index (χ3v) is 6.28. The second kappa shape index (κ2) is 7.81. The third-order valence-electron chi connectivity index (χ3n) is 4.46. The first-order valence-electron chi connectivity index (χ1n) is 8.65. The molecule has 1 heterocycles. The number of nitrogens with zero attached hydrogens (tertiary/aromatic N) is 1. The maximum Gasteiger partial charge on any atom is 0.338 e. The SMILES string of the molecule is CCOC(=O)C1=C(F)CN(S(=O)(=O)c2ccc(C)cc2)C1c1ccc(F)cc1. The Balaban J connectivity index is 2.11. The molecule has 148 valence electrons. The molecule has 1 atom stereocenters. The van der Waals surface area contributed by atoms with E-state index in [-0.39, 0.29) is 22.6 Å². The number of halogens is 2. The van der Waals surface area contributed by atoms with Crippen LogP contribution in [-0.2, 0) is 19.6 Å². The molecular formula is C20H19F2NO4S. The zero-order valence-electron chi connectivity index (χ0n) is 15.4. The normalized spacial score (nSPS) is 17.8. The van der Waals surface area contributed by atoms with Gasteiger partial charge in [0, 0.05) is 0 Å². The predicted octanol–water partition coefficient (Wildman–Crippen LogP) is 3.67. The molecule has 0 radical (unpaired) electrons. The van der Waals surface area contributed by atoms with Crippen LogP contribution >= 0.6 is 0 Å². The Labute approximate surface area is 162 Å². The van der Waals surface area contributed by atoms with E-state index in [9.17, 15) is 22.0 Å². The second-order valence-electron chi connectivity index (χ2n) is 6.36. The molecule has 28 heavy (non-hydrogen) atoms. The summed E-state index contributed by atoms with van der Waals surface area (Å²) in [5, 5.41) is 0. The van der Waals surface area contributed by atoms with Gasteiger partial charge in [0.1, 0.15) is 11.6 Å². The zero-order chi connectivity index (χ0) is 20.5. The summed E-state index contributed by atoms with van der Waals surface area (Å²) in [6, 6.07) is 9.78. The van der Waals surface area contributed by atoms with Gasteiger partial charge in [-0.3, -0.25) is 0 Å². The Morgan fingerprint density at radius 2 is 1.71 bits per heavy atom. The number of aryl methyl sites for hydroxylation is 1. The summed E-state index contributed by atoms with van der Waals surface area (Å²) < 4.78 is 60.3. The summed E-state index contributed by atoms with van der Waals surface area (Å²) in [7, 11) is -4.13. The Kier molecular flexibility index (Phi) is 5.62. The van der Waals surface area contributed by atoms with Gasteiger partial charge in [0.05, 0.1) is 29.7 Å². The highest BCUT2D eigenvalue weighted by Crippen LogP contribution is 2.41. The van der Waals surface area contributed by atoms with Gasteiger partial charge in [0.15, 0.2) is 0 Å². The van der Waals surface area contributed by atoms with Crippen LogP contribution in [0.3, 0.4) is 0 Å². The van der Waals surface area contributed by atoms with Crippen molar-refractivity contribution < 1.29 is 26.7 Å². The Morgan fingerprint density at radius 1 is 1.11 bits per heavy atom. The lowest BCUT2D eigenvalue weighted by atomic mass is 10.0. The van der Waals surface area contributed by atoms with E-state index >= 15 is 0 Å². The molecule has 3 rings (SSSR count). The van der Waals surface area contributed by atoms with Crippen molar-refractivity contribution in [2.45, 2.75) is 24.8 Å². The van der Waals surface area contributed by atoms with Gasteiger partial charge >= 0.3 is 5.97 Å². The highest BCUT2D eigenvalue weighted by atomic mass is 32.2. The van der Waals surface area contributed by atoms with E-state index in [2.05, 4.69) is 0 Å². The van der Waals surface area contributed by atoms with Crippen molar-refractivity contribution in [1.29, 1.82) is 0 Å². The molecule has 0 saturated heterocycles. The van der Waals surface area contributed by atoms with Gasteiger partial charge in [-0.1, -0.05) is 29.8 Å². The molecule has 0 amide bonds. The number of sulfonamides is 1. The number of rotatable bonds is 5. The van der Waals surface area contributed by atoms with E-state index in [0.717, 1.165) is 22.0 Å². The third kappa shape index (κ3) is 3.70. The van der Waals surface area contributed by atoms with Crippen molar-refractivity contribution in [2.24, 2.45) is 0 Å². The number of carbonyl (C=O) groups is 1. The van der Waals surface area contributed by atoms with Gasteiger partial charge in [0.25, 0.3) is 0 Å². The maximum atomic E-state index is 14.7. The topological polar surface area (TPSA) is 63.7 Å². The molecule has 1 unspecified atom stereocenters. The Morgan fingerprint density at radius 3 is 2.29 bits per heavy atom. The molecular weight excluding hydrogens is 388 g/mol. The molecule has 0 fully saturated rings. The largest absolute Gasteiger partial charge is 0.463 e. The lowest BCUT2D eigenvalue weighted by Crippen LogP contribution is -2.33. The Hall–Kier alpha value is -2.58. The standard InChI is InChI=1S/C20H19F2NO4S/c1-3-27-20(24)18-17(22)12-23(19(18)14-6-8-15(21)9-7-14)28(25,26)16-10-4-13(2)5-11-16/h4-11,19H,3,12H2,1-2H3. The minimum Gasteiger partial charge on any atom is -0.463 e. The van der Waals surface area contributed by atoms with E-state index in [1.165, 1.54) is 24.3 Å². The molecule has 0 spiro atoms. The molecule has 1 aliphatic rings. The fraction of sp³-hybridized carbons (Fsp3) is 0.250. The molecule has 0 aromatic heterocycles. The number of ether oxygens (including phenoxy) is 1. The lowest BCUT2D eigenvalue weighted by molar-refractivity contribution is -0.139. The van der Waals surface area contributed by atoms with Crippen molar-refractivity contribution in [1.82, 2.24) is 4.31 Å². The first-order chi connectivity index (χ1) is 13.3. The number of esters is 1. The molecule has 8 heteroatoms. The second-order valence-corrected chi connectivity index (χ2v) is 8.25. The van der Waals surface area contributed by atoms with Crippen LogP contribution in [0.4, 0.5) is 8.78 Å². The van der Waals surface area contributed by atoms with Gasteiger partial charge in [-0.15, -0.1) is 0 Å². The number of hydrogen-bond donors (Lipinski definition) is 0. The summed E-state index contributed by atoms with van der Waals surface area (Å²) in [5.74, 6) is -2.35. The van der Waals surface area contributed by atoms with Gasteiger partial charge in [-0.25, -0.2) is 22.0 Å². The van der Waals surface area contributed by atoms with Crippen molar-refractivity contribution >= 4 is 16.0 Å². The molecule has 0 aliphatic carbocycles. The molecule has 2 aromatic carbocycles. The fourth-order valence-corrected chi connectivity index (χ4v) is 4.62. The van der Waals surface area contributed by atoms with Crippen molar-refractivity contribution in [3.63, 3.8) is 0 Å². The van der Waals surface area contributed by atoms with E-state index in [0.29, 0.717) is 0 Å². The van der Waals surface area contributed by atoms with Crippen LogP contribution in [0.25, 0.3) is 0 Å². The maximum absolute atomic E-state index is 14.7. The van der Waals surface area contributed by atoms with Crippen LogP contribution in [0.5, 0.6) is 0 Å². The molecule has 0 bridgehead atoms. The van der Waals surface area contributed by atoms with Gasteiger partial charge in [0.2, 0.25) is 10.0 Å². The number of benzene rings is 2. The highest BCUT2D eigenvalue weighted by molar-refractivity contribution is 7.89. The van der Waals surface area contributed by atoms with E-state index in [4.69, 9.17) is 4.74 Å². The smallest absolute Gasteiger partial charge is 0.338 e. The van der Waals surface area contributed by atoms with Crippen LogP contribution in [0.2, 0.25) is 0 Å². The van der Waals surface area contributed by atoms with Crippen molar-refractivity contribution in [3.8, 4) is 0 Å². The summed E-state index contributed by atoms with van der Waals surface area (Å²) in [5.41, 5.74) is 0.754. The van der Waals surface area contributed by atoms with E-state index < -0.39 is 40.2 Å². The van der Waals surface area contributed by atoms with E-state index in [1.54, 1.807) is 19.1 Å². The minimum absolute atomic E-state index is 0.0104. The summed E-state index contributed by atoms with van der Waals surface area (Å²) in [6.45, 7) is 2.79. The highest BCUT2D eigenvalue weighted by Gasteiger charge is 2.45. The molecule has 0 N–H and O–H groups in total. The predicted molar refractivity (Wildman–Crippen MR) is 99.0 cm³/mol. The fourth-order valence-electron chi connectivity index (χ4n) is 3.08. The van der Waals surface area contributed by atoms with Crippen LogP contribution in [0.1, 0.15) is 24.1 Å². The van der Waals surface area contributed by atoms with Crippen LogP contribution in [0.15, 0.2) is 64.8 Å². The van der Waals surface area contributed by atoms with E-state index in [1.807, 2.05) is 6.92 Å². The summed E-state index contributed by atoms with van der Waals surface area (Å²) in [6.07, 6.45) is 0. The summed E-state index contributed by atoms with van der Waals surface area (Å²) in [4.78, 5) is 12.3. The minimum atomic E-state index is -4.13. The molecule has 5 nitrogen and oxygen atoms in total. The first kappa shape index (κ1) is 20.2. The van der Waals surface area contributed by atoms with Crippen LogP contribution < -0.4 is 0 Å². The van der Waals surface area contributed by atoms with Crippen LogP contribution in [-0.4, -0.2) is 31.8 Å². The zero-order valence-corrected chi connectivity index (χ0v) is 16.2. The average molecular weight is 407 g/mol. The molecule has 1 aliphatic heterocycles. The van der Waals surface area contributed by atoms with Gasteiger partial charge in [-0.05, 0) is 43.7 Å². The lowest BCUT2D eigenvalue weighted by Gasteiger charge is -2.26. The first-order valence-corrected chi connectivity index (χ1v) is 10.1. The van der Waals surface area contributed by atoms with Gasteiger partial charge in [-0.2, -0.15) is 4.31 Å². The quantitative estimate of drug-likeness (QED) is 0.710. The Bertz CT molecular complexity index is 1020. The number of hydrogen-bond acceptors (Lipinski definition) is 4. The number of carbonyl (C=O) groups excluding carboxylic acids is 1. The summed E-state index contributed by atoms with van der Waals surface area (Å²) >= 11 is 0. The van der Waals surface area contributed by atoms with Crippen molar-refractivity contribution in [3.05, 3.63) is 76.9 Å². The van der Waals surface area contributed by atoms with Crippen molar-refractivity contribution in [2.75, 3.05) is 13.2 Å².